The van der Waals surface area contributed by atoms with Gasteiger partial charge >= 0.3 is 5.97 Å². The summed E-state index contributed by atoms with van der Waals surface area (Å²) in [5.74, 6) is 2.49. The molecule has 16 heteroatoms. The van der Waals surface area contributed by atoms with Crippen molar-refractivity contribution in [1.82, 2.24) is 29.5 Å². The first-order valence-corrected chi connectivity index (χ1v) is 25.7. The number of carboxylic acid groups (broad SMARTS) is 1. The molecule has 9 aromatic rings. The Kier molecular flexibility index (Phi) is 15.1. The summed E-state index contributed by atoms with van der Waals surface area (Å²) in [6.07, 6.45) is 7.73. The number of hydrogen-bond acceptors (Lipinski definition) is 9. The van der Waals surface area contributed by atoms with E-state index in [4.69, 9.17) is 30.3 Å². The van der Waals surface area contributed by atoms with Gasteiger partial charge in [-0.2, -0.15) is 10.1 Å². The number of rotatable bonds is 11. The van der Waals surface area contributed by atoms with Crippen LogP contribution in [0.2, 0.25) is 5.02 Å². The minimum Gasteiger partial charge on any atom is -0.478 e. The molecule has 72 heavy (non-hydrogen) atoms. The number of H-pyrrole nitrogens is 1. The van der Waals surface area contributed by atoms with Gasteiger partial charge in [-0.05, 0) is 164 Å². The summed E-state index contributed by atoms with van der Waals surface area (Å²) >= 11 is 17.4. The summed E-state index contributed by atoms with van der Waals surface area (Å²) in [6.45, 7) is 3.86. The summed E-state index contributed by atoms with van der Waals surface area (Å²) in [6, 6.07) is 42.5. The second-order valence-corrected chi connectivity index (χ2v) is 19.7. The van der Waals surface area contributed by atoms with Gasteiger partial charge in [0.25, 0.3) is 0 Å². The first-order valence-electron chi connectivity index (χ1n) is 24.2. The third-order valence-electron chi connectivity index (χ3n) is 13.0. The highest BCUT2D eigenvalue weighted by atomic mass is 35.5. The Morgan fingerprint density at radius 1 is 0.764 bits per heavy atom. The number of thioether (sulfide) groups is 1. The van der Waals surface area contributed by atoms with Gasteiger partial charge in [-0.3, -0.25) is 23.4 Å². The Morgan fingerprint density at radius 2 is 1.26 bits per heavy atom. The van der Waals surface area contributed by atoms with Crippen molar-refractivity contribution in [2.45, 2.75) is 75.3 Å². The number of fused-ring (bicyclic) bond motifs is 3. The van der Waals surface area contributed by atoms with Crippen molar-refractivity contribution < 1.29 is 20.5 Å². The number of halogens is 2. The number of thiocarbonyl (C=S) groups is 1. The highest BCUT2D eigenvalue weighted by Gasteiger charge is 2.28. The van der Waals surface area contributed by atoms with Gasteiger partial charge in [0.2, 0.25) is 5.91 Å². The number of aromatic nitrogens is 6. The fourth-order valence-electron chi connectivity index (χ4n) is 9.15. The number of nitrogens with one attached hydrogen (secondary N) is 2. The van der Waals surface area contributed by atoms with E-state index in [0.29, 0.717) is 21.5 Å². The third-order valence-corrected chi connectivity index (χ3v) is 14.6. The molecule has 12 rings (SSSR count). The largest absolute Gasteiger partial charge is 0.478 e. The summed E-state index contributed by atoms with van der Waals surface area (Å²) in [4.78, 5) is 27.8. The van der Waals surface area contributed by atoms with E-state index in [1.807, 2.05) is 35.1 Å². The Balaban J connectivity index is 0.000000142. The molecule has 3 saturated carbocycles. The Morgan fingerprint density at radius 3 is 1.75 bits per heavy atom. The van der Waals surface area contributed by atoms with Crippen LogP contribution in [0.3, 0.4) is 0 Å². The number of aromatic amines is 1. The van der Waals surface area contributed by atoms with E-state index in [2.05, 4.69) is 145 Å². The lowest BCUT2D eigenvalue weighted by Crippen LogP contribution is -2.15. The van der Waals surface area contributed by atoms with Crippen LogP contribution < -0.4 is 5.32 Å². The zero-order chi connectivity index (χ0) is 51.2. The normalized spacial score (nSPS) is 13.9. The van der Waals surface area contributed by atoms with Crippen LogP contribution in [0.4, 0.5) is 15.8 Å². The topological polar surface area (TPSA) is 143 Å². The Hall–Kier alpha value is -6.87. The van der Waals surface area contributed by atoms with Crippen LogP contribution in [0.5, 0.6) is 0 Å². The minimum absolute atomic E-state index is 0.0564. The lowest BCUT2D eigenvalue weighted by Gasteiger charge is -2.14. The maximum Gasteiger partial charge on any atom is 0.335 e. The first-order chi connectivity index (χ1) is 35.5. The van der Waals surface area contributed by atoms with Gasteiger partial charge in [0.15, 0.2) is 9.93 Å². The zero-order valence-corrected chi connectivity index (χ0v) is 42.6. The number of carbonyl (C=O) groups is 2. The number of nitrogens with zero attached hydrogens (tertiary/aromatic N) is 6. The molecule has 0 bridgehead atoms. The summed E-state index contributed by atoms with van der Waals surface area (Å²) in [5.41, 5.74) is 7.74. The number of alkyl halides is 1. The third kappa shape index (κ3) is 11.0. The molecule has 0 atom stereocenters. The van der Waals surface area contributed by atoms with E-state index >= 15 is 0 Å². The Labute approximate surface area is 437 Å². The number of amides is 1. The zero-order valence-electron chi connectivity index (χ0n) is 40.4. The molecule has 11 nitrogen and oxygen atoms in total. The molecule has 7 aromatic carbocycles. The number of benzene rings is 7. The van der Waals surface area contributed by atoms with Crippen molar-refractivity contribution in [2.75, 3.05) is 18.2 Å². The quantitative estimate of drug-likeness (QED) is 0.0655. The molecule has 2 aromatic heterocycles. The van der Waals surface area contributed by atoms with Crippen LogP contribution in [0, 0.1) is 18.6 Å². The molecule has 2 heterocycles. The van der Waals surface area contributed by atoms with Gasteiger partial charge < -0.3 is 10.4 Å². The standard InChI is InChI=1S/C25H21ClN4O3S.C16H15N3S.C14H11NS.CH3F/c1-14-28-29-25(34-13-23(31)27-21-10-8-16(24(32)33)12-20(21)26)30(14)22-11-9-17(15-6-7-15)18-4-2-3-5-19(18)22;1-10-17-18-16(20)19(10)15-9-8-12(11-6-7-11)13-4-2-3-5-14(13)15;16-9-15-14-8-7-11(10-5-6-10)12-3-1-2-4-13(12)14;1-2/h2-5,8-12,15H,6-7,13H2,1H3,(H,27,31)(H,32,33);2-5,8-9,11H,6-7H2,1H3,(H,18,20);1-4,7-8,10H,5-6H2;1H3/i;;;1D. The Bertz CT molecular complexity index is 3640. The summed E-state index contributed by atoms with van der Waals surface area (Å²) in [5, 5.41) is 38.1. The van der Waals surface area contributed by atoms with Gasteiger partial charge in [0.1, 0.15) is 11.6 Å². The monoisotopic (exact) mass is 1030 g/mol. The van der Waals surface area contributed by atoms with Crippen molar-refractivity contribution in [1.29, 1.82) is 0 Å². The number of carboxylic acids is 1. The average molecular weight is 1030 g/mol. The van der Waals surface area contributed by atoms with Gasteiger partial charge in [-0.25, -0.2) is 4.79 Å². The van der Waals surface area contributed by atoms with Gasteiger partial charge in [0.05, 0.1) is 52.8 Å². The maximum absolute atomic E-state index is 12.6. The molecule has 364 valence electrons. The van der Waals surface area contributed by atoms with Crippen molar-refractivity contribution >= 4 is 109 Å². The number of hydrogen-bond donors (Lipinski definition) is 3. The molecule has 3 aliphatic carbocycles. The second-order valence-electron chi connectivity index (χ2n) is 17.8. The smallest absolute Gasteiger partial charge is 0.335 e. The summed E-state index contributed by atoms with van der Waals surface area (Å²) < 4.78 is 20.1. The molecule has 0 saturated heterocycles. The molecule has 0 radical (unpaired) electrons. The van der Waals surface area contributed by atoms with E-state index < -0.39 is 13.1 Å². The molecule has 0 unspecified atom stereocenters. The van der Waals surface area contributed by atoms with Crippen molar-refractivity contribution in [3.63, 3.8) is 0 Å². The number of aromatic carboxylic acids is 1. The lowest BCUT2D eigenvalue weighted by atomic mass is 9.99. The van der Waals surface area contributed by atoms with Crippen LogP contribution in [-0.4, -0.2) is 64.6 Å². The molecule has 3 aliphatic rings. The predicted molar refractivity (Wildman–Crippen MR) is 294 cm³/mol. The molecule has 0 aliphatic heterocycles. The molecule has 3 fully saturated rings. The van der Waals surface area contributed by atoms with Crippen LogP contribution in [0.15, 0.2) is 138 Å². The van der Waals surface area contributed by atoms with Crippen LogP contribution in [-0.2, 0) is 4.79 Å². The highest BCUT2D eigenvalue weighted by molar-refractivity contribution is 7.99. The van der Waals surface area contributed by atoms with Crippen LogP contribution in [0.1, 0.15) is 96.3 Å². The fourth-order valence-corrected chi connectivity index (χ4v) is 10.5. The van der Waals surface area contributed by atoms with Gasteiger partial charge in [0, 0.05) is 16.2 Å². The SMILES string of the molecule is Cc1n[nH]c(=S)n1-c1ccc(C2CC2)c2ccccc12.Cc1nnc(SCC(=O)Nc2ccc(C(=O)O)cc2Cl)n1-c1ccc(C2CC2)c2ccccc12.S=C=Nc1ccc(C2CC2)c2ccccc12.[2H]CF. The number of anilines is 1. The number of aryl methyl sites for hydroxylation is 2. The number of aliphatic imine (C=N–C) groups is 1. The molecule has 0 spiro atoms. The lowest BCUT2D eigenvalue weighted by molar-refractivity contribution is -0.113. The van der Waals surface area contributed by atoms with E-state index in [1.54, 1.807) is 0 Å². The first kappa shape index (κ1) is 48.7. The number of carbonyl (C=O) groups excluding carboxylic acids is 1. The molecule has 3 N–H and O–H groups in total. The van der Waals surface area contributed by atoms with Crippen molar-refractivity contribution in [3.05, 3.63) is 171 Å². The molecule has 1 amide bonds. The van der Waals surface area contributed by atoms with E-state index in [0.717, 1.165) is 45.9 Å². The summed E-state index contributed by atoms with van der Waals surface area (Å²) in [7, 11) is -1.00. The second kappa shape index (κ2) is 22.3. The molecular formula is C56H50ClFN8O3S3. The van der Waals surface area contributed by atoms with E-state index in [1.165, 1.54) is 112 Å². The van der Waals surface area contributed by atoms with E-state index in [-0.39, 0.29) is 22.2 Å². The maximum atomic E-state index is 12.6. The van der Waals surface area contributed by atoms with Crippen molar-refractivity contribution in [3.8, 4) is 11.4 Å². The molecular weight excluding hydrogens is 983 g/mol. The predicted octanol–water partition coefficient (Wildman–Crippen LogP) is 15.0. The minimum atomic E-state index is -1.08. The number of isothiocyanates is 1. The highest BCUT2D eigenvalue weighted by Crippen LogP contribution is 2.46. The van der Waals surface area contributed by atoms with Crippen LogP contribution in [0.25, 0.3) is 43.7 Å². The van der Waals surface area contributed by atoms with Crippen molar-refractivity contribution in [2.24, 2.45) is 4.99 Å². The fraction of sp³-hybridized carbons (Fsp3) is 0.232. The average Bonchev–Trinajstić information content (AvgIpc) is 4.29. The van der Waals surface area contributed by atoms with Gasteiger partial charge in [-0.1, -0.05) is 114 Å². The van der Waals surface area contributed by atoms with Crippen LogP contribution >= 0.6 is 47.8 Å². The van der Waals surface area contributed by atoms with Gasteiger partial charge in [-0.15, -0.1) is 10.2 Å². The van der Waals surface area contributed by atoms with E-state index in [9.17, 15) is 14.0 Å².